The van der Waals surface area contributed by atoms with Crippen LogP contribution in [0.25, 0.3) is 17.3 Å². The molecule has 1 atom stereocenters. The molecular weight excluding hydrogens is 612 g/mol. The molecule has 0 saturated carbocycles. The molecule has 7 nitrogen and oxygen atoms in total. The van der Waals surface area contributed by atoms with E-state index in [1.165, 1.54) is 23.1 Å². The number of amides is 3. The number of nitrogens with zero attached hydrogens (tertiary/aromatic N) is 1. The van der Waals surface area contributed by atoms with Crippen LogP contribution in [0.2, 0.25) is 5.02 Å². The van der Waals surface area contributed by atoms with Gasteiger partial charge in [0.15, 0.2) is 5.13 Å². The molecule has 10 heteroatoms. The average Bonchev–Trinajstić information content (AvgIpc) is 3.50. The van der Waals surface area contributed by atoms with E-state index in [0.717, 1.165) is 21.7 Å². The summed E-state index contributed by atoms with van der Waals surface area (Å²) in [6.07, 6.45) is 1.62. The predicted molar refractivity (Wildman–Crippen MR) is 180 cm³/mol. The normalized spacial score (nSPS) is 11.8. The van der Waals surface area contributed by atoms with E-state index in [-0.39, 0.29) is 11.6 Å². The zero-order chi connectivity index (χ0) is 30.9. The number of rotatable bonds is 10. The molecule has 5 rings (SSSR count). The molecule has 0 spiro atoms. The Morgan fingerprint density at radius 3 is 2.30 bits per heavy atom. The summed E-state index contributed by atoms with van der Waals surface area (Å²) in [6.45, 7) is 1.80. The third kappa shape index (κ3) is 8.44. The minimum atomic E-state index is -0.480. The second kappa shape index (κ2) is 14.7. The number of benzene rings is 4. The summed E-state index contributed by atoms with van der Waals surface area (Å²) in [4.78, 5) is 44.5. The maximum absolute atomic E-state index is 13.4. The summed E-state index contributed by atoms with van der Waals surface area (Å²) in [7, 11) is 0. The molecule has 0 radical (unpaired) electrons. The van der Waals surface area contributed by atoms with E-state index in [4.69, 9.17) is 11.6 Å². The fourth-order valence-electron chi connectivity index (χ4n) is 4.05. The highest BCUT2D eigenvalue weighted by Gasteiger charge is 2.18. The number of hydrogen-bond donors (Lipinski definition) is 3. The fraction of sp³-hybridized carbons (Fsp3) is 0.0588. The second-order valence-corrected chi connectivity index (χ2v) is 12.3. The van der Waals surface area contributed by atoms with Gasteiger partial charge < -0.3 is 16.0 Å². The molecule has 1 aromatic heterocycles. The second-order valence-electron chi connectivity index (χ2n) is 9.56. The minimum absolute atomic E-state index is 0.0947. The van der Waals surface area contributed by atoms with Gasteiger partial charge in [0, 0.05) is 32.1 Å². The van der Waals surface area contributed by atoms with Gasteiger partial charge >= 0.3 is 0 Å². The van der Waals surface area contributed by atoms with Crippen LogP contribution in [-0.2, 0) is 9.59 Å². The molecule has 3 amide bonds. The quantitative estimate of drug-likeness (QED) is 0.106. The van der Waals surface area contributed by atoms with Gasteiger partial charge in [-0.25, -0.2) is 4.98 Å². The summed E-state index contributed by atoms with van der Waals surface area (Å²) >= 11 is 8.67. The minimum Gasteiger partial charge on any atom is -0.321 e. The number of anilines is 2. The first-order valence-corrected chi connectivity index (χ1v) is 15.7. The van der Waals surface area contributed by atoms with Gasteiger partial charge in [-0.1, -0.05) is 78.3 Å². The summed E-state index contributed by atoms with van der Waals surface area (Å²) in [6, 6.07) is 32.5. The number of halogens is 1. The Kier molecular flexibility index (Phi) is 10.2. The van der Waals surface area contributed by atoms with E-state index in [2.05, 4.69) is 20.9 Å². The van der Waals surface area contributed by atoms with Crippen LogP contribution in [0.5, 0.6) is 0 Å². The van der Waals surface area contributed by atoms with Gasteiger partial charge in [-0.3, -0.25) is 14.4 Å². The number of carbonyl (C=O) groups is 3. The number of hydrogen-bond acceptors (Lipinski definition) is 6. The molecule has 0 aliphatic rings. The topological polar surface area (TPSA) is 100 Å². The van der Waals surface area contributed by atoms with Crippen LogP contribution >= 0.6 is 34.7 Å². The van der Waals surface area contributed by atoms with Crippen molar-refractivity contribution in [2.24, 2.45) is 0 Å². The average molecular weight is 639 g/mol. The van der Waals surface area contributed by atoms with Crippen molar-refractivity contribution in [3.63, 3.8) is 0 Å². The van der Waals surface area contributed by atoms with Crippen molar-refractivity contribution < 1.29 is 14.4 Å². The van der Waals surface area contributed by atoms with Gasteiger partial charge in [0.05, 0.1) is 10.9 Å². The third-order valence-electron chi connectivity index (χ3n) is 6.29. The summed E-state index contributed by atoms with van der Waals surface area (Å²) in [5.41, 5.74) is 3.48. The van der Waals surface area contributed by atoms with E-state index in [9.17, 15) is 14.4 Å². The summed E-state index contributed by atoms with van der Waals surface area (Å²) in [5.74, 6) is -1.07. The molecule has 1 unspecified atom stereocenters. The molecule has 5 aromatic rings. The largest absolute Gasteiger partial charge is 0.321 e. The van der Waals surface area contributed by atoms with E-state index in [1.54, 1.807) is 67.6 Å². The predicted octanol–water partition coefficient (Wildman–Crippen LogP) is 7.99. The maximum atomic E-state index is 13.4. The SMILES string of the molecule is CC(Sc1cccc(NC(=O)/C(=C/c2ccccc2)NC(=O)c2ccccc2)c1)C(=O)Nc1nc(-c2ccc(Cl)cc2)cs1. The Balaban J connectivity index is 1.24. The standard InChI is InChI=1S/C34H27ClN4O3S2/c1-22(31(40)39-34-38-30(21-43-34)24-15-17-26(35)18-16-24)44-28-14-8-13-27(20-28)36-33(42)29(19-23-9-4-2-5-10-23)37-32(41)25-11-6-3-7-12-25/h2-22H,1H3,(H,36,42)(H,37,41)(H,38,39,40)/b29-19-. The Bertz CT molecular complexity index is 1790. The first-order chi connectivity index (χ1) is 21.3. The number of thiazole rings is 1. The molecule has 0 saturated heterocycles. The maximum Gasteiger partial charge on any atom is 0.272 e. The lowest BCUT2D eigenvalue weighted by Crippen LogP contribution is -2.30. The molecule has 4 aromatic carbocycles. The van der Waals surface area contributed by atoms with Gasteiger partial charge in [0.1, 0.15) is 5.70 Å². The number of aromatic nitrogens is 1. The molecule has 44 heavy (non-hydrogen) atoms. The van der Waals surface area contributed by atoms with Crippen molar-refractivity contribution in [3.8, 4) is 11.3 Å². The smallest absolute Gasteiger partial charge is 0.272 e. The number of thioether (sulfide) groups is 1. The molecule has 0 fully saturated rings. The van der Waals surface area contributed by atoms with E-state index in [0.29, 0.717) is 21.4 Å². The van der Waals surface area contributed by atoms with Crippen molar-refractivity contribution >= 4 is 69.3 Å². The van der Waals surface area contributed by atoms with E-state index >= 15 is 0 Å². The van der Waals surface area contributed by atoms with Crippen molar-refractivity contribution in [2.45, 2.75) is 17.1 Å². The molecular formula is C34H27ClN4O3S2. The molecule has 0 aliphatic carbocycles. The molecule has 0 bridgehead atoms. The van der Waals surface area contributed by atoms with Gasteiger partial charge in [-0.05, 0) is 61.0 Å². The first kappa shape index (κ1) is 30.7. The Morgan fingerprint density at radius 1 is 0.864 bits per heavy atom. The van der Waals surface area contributed by atoms with Crippen LogP contribution in [-0.4, -0.2) is 28.0 Å². The Morgan fingerprint density at radius 2 is 1.57 bits per heavy atom. The summed E-state index contributed by atoms with van der Waals surface area (Å²) in [5, 5.41) is 11.1. The Hall–Kier alpha value is -4.70. The summed E-state index contributed by atoms with van der Waals surface area (Å²) < 4.78 is 0. The number of nitrogens with one attached hydrogen (secondary N) is 3. The highest BCUT2D eigenvalue weighted by molar-refractivity contribution is 8.00. The molecule has 220 valence electrons. The molecule has 0 aliphatic heterocycles. The lowest BCUT2D eigenvalue weighted by molar-refractivity contribution is -0.115. The number of carbonyl (C=O) groups excluding carboxylic acids is 3. The van der Waals surface area contributed by atoms with Crippen LogP contribution in [0.3, 0.4) is 0 Å². The van der Waals surface area contributed by atoms with Crippen molar-refractivity contribution in [2.75, 3.05) is 10.6 Å². The molecule has 1 heterocycles. The van der Waals surface area contributed by atoms with Crippen LogP contribution in [0.4, 0.5) is 10.8 Å². The lowest BCUT2D eigenvalue weighted by atomic mass is 10.1. The van der Waals surface area contributed by atoms with Gasteiger partial charge in [-0.15, -0.1) is 23.1 Å². The van der Waals surface area contributed by atoms with Gasteiger partial charge in [0.25, 0.3) is 11.8 Å². The zero-order valence-corrected chi connectivity index (χ0v) is 25.9. The van der Waals surface area contributed by atoms with E-state index in [1.807, 2.05) is 60.0 Å². The van der Waals surface area contributed by atoms with Crippen molar-refractivity contribution in [3.05, 3.63) is 136 Å². The van der Waals surface area contributed by atoms with Crippen LogP contribution in [0.15, 0.2) is 125 Å². The van der Waals surface area contributed by atoms with Crippen molar-refractivity contribution in [1.82, 2.24) is 10.3 Å². The van der Waals surface area contributed by atoms with E-state index < -0.39 is 17.1 Å². The van der Waals surface area contributed by atoms with Crippen molar-refractivity contribution in [1.29, 1.82) is 0 Å². The Labute approximate surface area is 268 Å². The van der Waals surface area contributed by atoms with Gasteiger partial charge in [-0.2, -0.15) is 0 Å². The highest BCUT2D eigenvalue weighted by atomic mass is 35.5. The fourth-order valence-corrected chi connectivity index (χ4v) is 5.83. The van der Waals surface area contributed by atoms with Crippen LogP contribution in [0, 0.1) is 0 Å². The van der Waals surface area contributed by atoms with Crippen LogP contribution < -0.4 is 16.0 Å². The van der Waals surface area contributed by atoms with Gasteiger partial charge in [0.2, 0.25) is 5.91 Å². The van der Waals surface area contributed by atoms with Crippen LogP contribution in [0.1, 0.15) is 22.8 Å². The highest BCUT2D eigenvalue weighted by Crippen LogP contribution is 2.29. The third-order valence-corrected chi connectivity index (χ3v) is 8.39. The zero-order valence-electron chi connectivity index (χ0n) is 23.5. The molecule has 3 N–H and O–H groups in total. The first-order valence-electron chi connectivity index (χ1n) is 13.6. The lowest BCUT2D eigenvalue weighted by Gasteiger charge is -2.13. The monoisotopic (exact) mass is 638 g/mol.